The van der Waals surface area contributed by atoms with Gasteiger partial charge in [-0.1, -0.05) is 29.8 Å². The Morgan fingerprint density at radius 1 is 0.750 bits per heavy atom. The van der Waals surface area contributed by atoms with Gasteiger partial charge in [0, 0.05) is 58.0 Å². The van der Waals surface area contributed by atoms with Crippen LogP contribution in [0.25, 0.3) is 0 Å². The molecule has 7 heteroatoms. The number of rotatable bonds is 5. The summed E-state index contributed by atoms with van der Waals surface area (Å²) >= 11 is 0. The van der Waals surface area contributed by atoms with Crippen molar-refractivity contribution in [1.29, 1.82) is 0 Å². The van der Waals surface area contributed by atoms with Crippen LogP contribution < -0.4 is 4.90 Å². The summed E-state index contributed by atoms with van der Waals surface area (Å²) < 4.78 is 13.1. The molecule has 6 nitrogen and oxygen atoms in total. The number of hydrogen-bond acceptors (Lipinski definition) is 4. The molecule has 32 heavy (non-hydrogen) atoms. The molecule has 0 aliphatic carbocycles. The molecule has 2 amide bonds. The lowest BCUT2D eigenvalue weighted by Crippen LogP contribution is -2.54. The molecule has 4 rings (SSSR count). The first-order valence-electron chi connectivity index (χ1n) is 11.3. The topological polar surface area (TPSA) is 47.1 Å². The van der Waals surface area contributed by atoms with Gasteiger partial charge in [0.2, 0.25) is 11.8 Å². The van der Waals surface area contributed by atoms with E-state index in [-0.39, 0.29) is 17.6 Å². The van der Waals surface area contributed by atoms with Gasteiger partial charge in [0.15, 0.2) is 0 Å². The Hall–Kier alpha value is -2.93. The van der Waals surface area contributed by atoms with E-state index in [2.05, 4.69) is 9.80 Å². The summed E-state index contributed by atoms with van der Waals surface area (Å²) in [5.41, 5.74) is 3.22. The fourth-order valence-electron chi connectivity index (χ4n) is 4.30. The number of carbonyl (C=O) groups excluding carboxylic acids is 2. The molecule has 0 saturated carbocycles. The lowest BCUT2D eigenvalue weighted by molar-refractivity contribution is -0.135. The van der Waals surface area contributed by atoms with Gasteiger partial charge in [-0.3, -0.25) is 14.5 Å². The summed E-state index contributed by atoms with van der Waals surface area (Å²) in [5, 5.41) is 0. The molecule has 2 saturated heterocycles. The maximum absolute atomic E-state index is 13.1. The molecule has 0 atom stereocenters. The van der Waals surface area contributed by atoms with Gasteiger partial charge in [-0.2, -0.15) is 0 Å². The Bertz CT molecular complexity index is 916. The molecule has 2 fully saturated rings. The van der Waals surface area contributed by atoms with Crippen molar-refractivity contribution in [2.24, 2.45) is 0 Å². The predicted octanol–water partition coefficient (Wildman–Crippen LogP) is 2.17. The zero-order valence-electron chi connectivity index (χ0n) is 18.7. The lowest BCUT2D eigenvalue weighted by atomic mass is 10.1. The van der Waals surface area contributed by atoms with Gasteiger partial charge in [0.05, 0.1) is 13.0 Å². The van der Waals surface area contributed by atoms with Gasteiger partial charge < -0.3 is 14.7 Å². The van der Waals surface area contributed by atoms with E-state index in [0.717, 1.165) is 37.4 Å². The summed E-state index contributed by atoms with van der Waals surface area (Å²) in [6.07, 6.45) is 0.428. The van der Waals surface area contributed by atoms with E-state index in [1.54, 1.807) is 12.1 Å². The van der Waals surface area contributed by atoms with Crippen LogP contribution in [-0.2, 0) is 16.0 Å². The Morgan fingerprint density at radius 3 is 1.94 bits per heavy atom. The van der Waals surface area contributed by atoms with Gasteiger partial charge >= 0.3 is 0 Å². The van der Waals surface area contributed by atoms with Crippen molar-refractivity contribution < 1.29 is 14.0 Å². The number of nitrogens with zero attached hydrogens (tertiary/aromatic N) is 4. The summed E-state index contributed by atoms with van der Waals surface area (Å²) in [4.78, 5) is 33.5. The SMILES string of the molecule is Cc1ccc(CC(=O)N2CCN(CC(=O)N3CCN(c4ccc(F)cc4)CC3)CC2)cc1. The molecule has 0 bridgehead atoms. The molecule has 2 aliphatic rings. The number of hydrogen-bond donors (Lipinski definition) is 0. The highest BCUT2D eigenvalue weighted by atomic mass is 19.1. The third-order valence-corrected chi connectivity index (χ3v) is 6.38. The monoisotopic (exact) mass is 438 g/mol. The van der Waals surface area contributed by atoms with Crippen LogP contribution in [0.3, 0.4) is 0 Å². The first-order chi connectivity index (χ1) is 15.5. The number of benzene rings is 2. The zero-order valence-corrected chi connectivity index (χ0v) is 18.7. The van der Waals surface area contributed by atoms with Crippen LogP contribution in [0.2, 0.25) is 0 Å². The molecule has 0 radical (unpaired) electrons. The smallest absolute Gasteiger partial charge is 0.236 e. The predicted molar refractivity (Wildman–Crippen MR) is 123 cm³/mol. The average Bonchev–Trinajstić information content (AvgIpc) is 2.81. The fraction of sp³-hybridized carbons (Fsp3) is 0.440. The van der Waals surface area contributed by atoms with E-state index in [4.69, 9.17) is 0 Å². The van der Waals surface area contributed by atoms with Gasteiger partial charge in [-0.25, -0.2) is 4.39 Å². The summed E-state index contributed by atoms with van der Waals surface area (Å²) in [5.74, 6) is 0.0550. The van der Waals surface area contributed by atoms with Crippen LogP contribution >= 0.6 is 0 Å². The van der Waals surface area contributed by atoms with Crippen molar-refractivity contribution in [3.63, 3.8) is 0 Å². The molecule has 2 aliphatic heterocycles. The van der Waals surface area contributed by atoms with Crippen LogP contribution in [0.5, 0.6) is 0 Å². The number of halogens is 1. The van der Waals surface area contributed by atoms with Crippen molar-refractivity contribution in [3.05, 3.63) is 65.5 Å². The van der Waals surface area contributed by atoms with Crippen molar-refractivity contribution in [1.82, 2.24) is 14.7 Å². The first kappa shape index (κ1) is 22.3. The molecule has 170 valence electrons. The number of aryl methyl sites for hydroxylation is 1. The second-order valence-corrected chi connectivity index (χ2v) is 8.66. The van der Waals surface area contributed by atoms with E-state index in [0.29, 0.717) is 39.1 Å². The number of anilines is 1. The highest BCUT2D eigenvalue weighted by molar-refractivity contribution is 5.80. The Kier molecular flexibility index (Phi) is 7.05. The van der Waals surface area contributed by atoms with Crippen LogP contribution in [0.4, 0.5) is 10.1 Å². The zero-order chi connectivity index (χ0) is 22.5. The third kappa shape index (κ3) is 5.65. The Labute approximate surface area is 189 Å². The van der Waals surface area contributed by atoms with Crippen molar-refractivity contribution >= 4 is 17.5 Å². The molecule has 0 unspecified atom stereocenters. The van der Waals surface area contributed by atoms with E-state index in [1.807, 2.05) is 41.0 Å². The lowest BCUT2D eigenvalue weighted by Gasteiger charge is -2.38. The minimum Gasteiger partial charge on any atom is -0.368 e. The van der Waals surface area contributed by atoms with Crippen LogP contribution in [0.15, 0.2) is 48.5 Å². The summed E-state index contributed by atoms with van der Waals surface area (Å²) in [7, 11) is 0. The molecule has 2 aromatic rings. The van der Waals surface area contributed by atoms with Crippen molar-refractivity contribution in [3.8, 4) is 0 Å². The first-order valence-corrected chi connectivity index (χ1v) is 11.3. The minimum atomic E-state index is -0.237. The number of piperazine rings is 2. The summed E-state index contributed by atoms with van der Waals surface area (Å²) in [6, 6.07) is 14.6. The molecule has 0 N–H and O–H groups in total. The van der Waals surface area contributed by atoms with Crippen LogP contribution in [0.1, 0.15) is 11.1 Å². The van der Waals surface area contributed by atoms with Crippen molar-refractivity contribution in [2.75, 3.05) is 63.8 Å². The quantitative estimate of drug-likeness (QED) is 0.718. The van der Waals surface area contributed by atoms with Crippen LogP contribution in [0, 0.1) is 12.7 Å². The maximum Gasteiger partial charge on any atom is 0.236 e. The van der Waals surface area contributed by atoms with Crippen molar-refractivity contribution in [2.45, 2.75) is 13.3 Å². The fourth-order valence-corrected chi connectivity index (χ4v) is 4.30. The average molecular weight is 439 g/mol. The molecule has 0 aromatic heterocycles. The molecule has 0 spiro atoms. The van der Waals surface area contributed by atoms with E-state index in [9.17, 15) is 14.0 Å². The van der Waals surface area contributed by atoms with Crippen LogP contribution in [-0.4, -0.2) is 85.4 Å². The Balaban J connectivity index is 1.19. The second kappa shape index (κ2) is 10.1. The highest BCUT2D eigenvalue weighted by Crippen LogP contribution is 2.17. The number of amides is 2. The summed E-state index contributed by atoms with van der Waals surface area (Å²) in [6.45, 7) is 8.05. The maximum atomic E-state index is 13.1. The van der Waals surface area contributed by atoms with E-state index < -0.39 is 0 Å². The number of carbonyl (C=O) groups is 2. The molecule has 2 heterocycles. The second-order valence-electron chi connectivity index (χ2n) is 8.66. The Morgan fingerprint density at radius 2 is 1.31 bits per heavy atom. The standard InChI is InChI=1S/C25H31FN4O2/c1-20-2-4-21(5-3-20)18-24(31)29-12-10-27(11-13-29)19-25(32)30-16-14-28(15-17-30)23-8-6-22(26)7-9-23/h2-9H,10-19H2,1H3. The van der Waals surface area contributed by atoms with Gasteiger partial charge in [0.25, 0.3) is 0 Å². The minimum absolute atomic E-state index is 0.142. The molecular formula is C25H31FN4O2. The van der Waals surface area contributed by atoms with Gasteiger partial charge in [0.1, 0.15) is 5.82 Å². The van der Waals surface area contributed by atoms with E-state index in [1.165, 1.54) is 17.7 Å². The van der Waals surface area contributed by atoms with Gasteiger partial charge in [-0.05, 0) is 36.8 Å². The largest absolute Gasteiger partial charge is 0.368 e. The molecular weight excluding hydrogens is 407 g/mol. The normalized spacial score (nSPS) is 17.5. The van der Waals surface area contributed by atoms with E-state index >= 15 is 0 Å². The van der Waals surface area contributed by atoms with Gasteiger partial charge in [-0.15, -0.1) is 0 Å². The molecule has 2 aromatic carbocycles. The highest BCUT2D eigenvalue weighted by Gasteiger charge is 2.26. The third-order valence-electron chi connectivity index (χ3n) is 6.38.